The molecule has 2 N–H and O–H groups in total. The van der Waals surface area contributed by atoms with Crippen molar-refractivity contribution in [2.75, 3.05) is 5.32 Å². The van der Waals surface area contributed by atoms with Crippen LogP contribution in [0.5, 0.6) is 0 Å². The molecule has 0 unspecified atom stereocenters. The number of carboxylic acid groups (broad SMARTS) is 1. The number of aliphatic carboxylic acids is 1. The van der Waals surface area contributed by atoms with E-state index in [0.29, 0.717) is 6.04 Å². The third kappa shape index (κ3) is 3.63. The van der Waals surface area contributed by atoms with Crippen molar-refractivity contribution < 1.29 is 9.90 Å². The Hall–Kier alpha value is -1.77. The maximum Gasteiger partial charge on any atom is 0.328 e. The standard InChI is InChI=1S/C14H17NO2/c16-14(17)9-8-11-4-3-7-13(10-11)15-12-5-1-2-6-12/h3-4,7-10,12,15H,1-2,5-6H2,(H,16,17)/b9-8+. The lowest BCUT2D eigenvalue weighted by molar-refractivity contribution is -0.131. The Kier molecular flexibility index (Phi) is 3.81. The molecule has 0 heterocycles. The minimum Gasteiger partial charge on any atom is -0.478 e. The molecular formula is C14H17NO2. The molecule has 0 spiro atoms. The van der Waals surface area contributed by atoms with Gasteiger partial charge in [-0.3, -0.25) is 0 Å². The molecule has 2 rings (SSSR count). The van der Waals surface area contributed by atoms with Gasteiger partial charge in [0.25, 0.3) is 0 Å². The van der Waals surface area contributed by atoms with Gasteiger partial charge < -0.3 is 10.4 Å². The molecule has 0 aromatic heterocycles. The number of carbonyl (C=O) groups is 1. The van der Waals surface area contributed by atoms with E-state index in [2.05, 4.69) is 5.32 Å². The average Bonchev–Trinajstić information content (AvgIpc) is 2.80. The SMILES string of the molecule is O=C(O)/C=C/c1cccc(NC2CCCC2)c1. The first-order valence-electron chi connectivity index (χ1n) is 6.01. The Morgan fingerprint density at radius 1 is 1.35 bits per heavy atom. The lowest BCUT2D eigenvalue weighted by atomic mass is 10.1. The van der Waals surface area contributed by atoms with Gasteiger partial charge in [0, 0.05) is 17.8 Å². The molecule has 17 heavy (non-hydrogen) atoms. The molecule has 1 fully saturated rings. The zero-order valence-corrected chi connectivity index (χ0v) is 9.73. The van der Waals surface area contributed by atoms with Crippen molar-refractivity contribution in [3.8, 4) is 0 Å². The molecule has 3 nitrogen and oxygen atoms in total. The van der Waals surface area contributed by atoms with Gasteiger partial charge in [-0.25, -0.2) is 4.79 Å². The van der Waals surface area contributed by atoms with Crippen molar-refractivity contribution in [2.45, 2.75) is 31.7 Å². The van der Waals surface area contributed by atoms with Crippen LogP contribution in [0, 0.1) is 0 Å². The molecule has 1 aliphatic carbocycles. The fourth-order valence-corrected chi connectivity index (χ4v) is 2.21. The molecule has 0 saturated heterocycles. The number of hydrogen-bond donors (Lipinski definition) is 2. The Bertz CT molecular complexity index is 420. The van der Waals surface area contributed by atoms with Gasteiger partial charge in [0.1, 0.15) is 0 Å². The van der Waals surface area contributed by atoms with Crippen LogP contribution in [0.3, 0.4) is 0 Å². The van der Waals surface area contributed by atoms with Gasteiger partial charge in [-0.2, -0.15) is 0 Å². The fraction of sp³-hybridized carbons (Fsp3) is 0.357. The van der Waals surface area contributed by atoms with Crippen LogP contribution in [0.1, 0.15) is 31.2 Å². The summed E-state index contributed by atoms with van der Waals surface area (Å²) in [4.78, 5) is 10.4. The highest BCUT2D eigenvalue weighted by Crippen LogP contribution is 2.22. The minimum atomic E-state index is -0.917. The van der Waals surface area contributed by atoms with Gasteiger partial charge in [-0.05, 0) is 36.6 Å². The molecule has 3 heteroatoms. The number of anilines is 1. The molecule has 0 amide bonds. The third-order valence-electron chi connectivity index (χ3n) is 3.03. The summed E-state index contributed by atoms with van der Waals surface area (Å²) < 4.78 is 0. The first-order valence-corrected chi connectivity index (χ1v) is 6.01. The molecule has 1 aromatic carbocycles. The van der Waals surface area contributed by atoms with Crippen LogP contribution >= 0.6 is 0 Å². The van der Waals surface area contributed by atoms with Crippen LogP contribution in [-0.2, 0) is 4.79 Å². The van der Waals surface area contributed by atoms with E-state index in [-0.39, 0.29) is 0 Å². The van der Waals surface area contributed by atoms with Gasteiger partial charge in [0.05, 0.1) is 0 Å². The largest absolute Gasteiger partial charge is 0.478 e. The maximum atomic E-state index is 10.4. The van der Waals surface area contributed by atoms with Crippen LogP contribution < -0.4 is 5.32 Å². The Morgan fingerprint density at radius 3 is 2.82 bits per heavy atom. The summed E-state index contributed by atoms with van der Waals surface area (Å²) in [5.74, 6) is -0.917. The Labute approximate surface area is 101 Å². The van der Waals surface area contributed by atoms with Gasteiger partial charge in [0.2, 0.25) is 0 Å². The molecule has 0 bridgehead atoms. The highest BCUT2D eigenvalue weighted by Gasteiger charge is 2.14. The molecule has 90 valence electrons. The number of nitrogens with one attached hydrogen (secondary N) is 1. The summed E-state index contributed by atoms with van der Waals surface area (Å²) in [5.41, 5.74) is 1.99. The third-order valence-corrected chi connectivity index (χ3v) is 3.03. The van der Waals surface area contributed by atoms with Crippen molar-refractivity contribution in [1.82, 2.24) is 0 Å². The summed E-state index contributed by atoms with van der Waals surface area (Å²) in [7, 11) is 0. The summed E-state index contributed by atoms with van der Waals surface area (Å²) in [5, 5.41) is 12.1. The van der Waals surface area contributed by atoms with Crippen LogP contribution in [-0.4, -0.2) is 17.1 Å². The number of hydrogen-bond acceptors (Lipinski definition) is 2. The molecule has 0 atom stereocenters. The smallest absolute Gasteiger partial charge is 0.328 e. The highest BCUT2D eigenvalue weighted by atomic mass is 16.4. The van der Waals surface area contributed by atoms with E-state index < -0.39 is 5.97 Å². The predicted molar refractivity (Wildman–Crippen MR) is 69.0 cm³/mol. The van der Waals surface area contributed by atoms with E-state index in [1.807, 2.05) is 24.3 Å². The van der Waals surface area contributed by atoms with Crippen LogP contribution in [0.25, 0.3) is 6.08 Å². The second kappa shape index (κ2) is 5.53. The molecule has 1 saturated carbocycles. The lowest BCUT2D eigenvalue weighted by Gasteiger charge is -2.13. The van der Waals surface area contributed by atoms with E-state index in [9.17, 15) is 4.79 Å². The van der Waals surface area contributed by atoms with E-state index >= 15 is 0 Å². The van der Waals surface area contributed by atoms with Gasteiger partial charge in [-0.1, -0.05) is 25.0 Å². The van der Waals surface area contributed by atoms with Crippen molar-refractivity contribution >= 4 is 17.7 Å². The van der Waals surface area contributed by atoms with E-state index in [4.69, 9.17) is 5.11 Å². The van der Waals surface area contributed by atoms with E-state index in [1.54, 1.807) is 6.08 Å². The summed E-state index contributed by atoms with van der Waals surface area (Å²) in [6, 6.07) is 8.43. The normalized spacial score (nSPS) is 16.5. The van der Waals surface area contributed by atoms with Crippen LogP contribution in [0.4, 0.5) is 5.69 Å². The van der Waals surface area contributed by atoms with E-state index in [0.717, 1.165) is 17.3 Å². The molecule has 0 radical (unpaired) electrons. The Morgan fingerprint density at radius 2 is 2.12 bits per heavy atom. The zero-order chi connectivity index (χ0) is 12.1. The lowest BCUT2D eigenvalue weighted by Crippen LogP contribution is -2.14. The first kappa shape index (κ1) is 11.7. The summed E-state index contributed by atoms with van der Waals surface area (Å²) in [6.45, 7) is 0. The quantitative estimate of drug-likeness (QED) is 0.783. The average molecular weight is 231 g/mol. The number of carboxylic acids is 1. The molecule has 0 aliphatic heterocycles. The van der Waals surface area contributed by atoms with Crippen LogP contribution in [0.2, 0.25) is 0 Å². The van der Waals surface area contributed by atoms with Crippen molar-refractivity contribution in [3.05, 3.63) is 35.9 Å². The summed E-state index contributed by atoms with van der Waals surface area (Å²) in [6.07, 6.45) is 7.84. The molecular weight excluding hydrogens is 214 g/mol. The van der Waals surface area contributed by atoms with E-state index in [1.165, 1.54) is 25.7 Å². The Balaban J connectivity index is 2.02. The van der Waals surface area contributed by atoms with Gasteiger partial charge >= 0.3 is 5.97 Å². The second-order valence-electron chi connectivity index (χ2n) is 4.42. The first-order chi connectivity index (χ1) is 8.24. The van der Waals surface area contributed by atoms with Crippen LogP contribution in [0.15, 0.2) is 30.3 Å². The molecule has 1 aliphatic rings. The van der Waals surface area contributed by atoms with Gasteiger partial charge in [-0.15, -0.1) is 0 Å². The maximum absolute atomic E-state index is 10.4. The van der Waals surface area contributed by atoms with Crippen molar-refractivity contribution in [2.24, 2.45) is 0 Å². The minimum absolute atomic E-state index is 0.578. The van der Waals surface area contributed by atoms with Crippen molar-refractivity contribution in [3.63, 3.8) is 0 Å². The predicted octanol–water partition coefficient (Wildman–Crippen LogP) is 3.14. The zero-order valence-electron chi connectivity index (χ0n) is 9.73. The number of benzene rings is 1. The topological polar surface area (TPSA) is 49.3 Å². The second-order valence-corrected chi connectivity index (χ2v) is 4.42. The number of rotatable bonds is 4. The highest BCUT2D eigenvalue weighted by molar-refractivity contribution is 5.85. The van der Waals surface area contributed by atoms with Gasteiger partial charge in [0.15, 0.2) is 0 Å². The monoisotopic (exact) mass is 231 g/mol. The van der Waals surface area contributed by atoms with Crippen molar-refractivity contribution in [1.29, 1.82) is 0 Å². The summed E-state index contributed by atoms with van der Waals surface area (Å²) >= 11 is 0. The fourth-order valence-electron chi connectivity index (χ4n) is 2.21. The molecule has 1 aromatic rings.